The van der Waals surface area contributed by atoms with Crippen molar-refractivity contribution in [3.63, 3.8) is 0 Å². The second kappa shape index (κ2) is 4.02. The molecular formula is C9H10ClNO2S. The van der Waals surface area contributed by atoms with Gasteiger partial charge in [-0.2, -0.15) is 0 Å². The number of rotatable bonds is 3. The van der Waals surface area contributed by atoms with Crippen molar-refractivity contribution in [3.05, 3.63) is 35.9 Å². The zero-order chi connectivity index (χ0) is 10.8. The number of nitrogens with two attached hydrogens (primary N) is 1. The summed E-state index contributed by atoms with van der Waals surface area (Å²) in [6.45, 7) is 3.37. The Labute approximate surface area is 88.1 Å². The van der Waals surface area contributed by atoms with Crippen LogP contribution in [0.2, 0.25) is 5.02 Å². The van der Waals surface area contributed by atoms with E-state index in [-0.39, 0.29) is 16.3 Å². The first-order valence-corrected chi connectivity index (χ1v) is 5.89. The van der Waals surface area contributed by atoms with Gasteiger partial charge < -0.3 is 5.73 Å². The summed E-state index contributed by atoms with van der Waals surface area (Å²) < 4.78 is 23.1. The maximum Gasteiger partial charge on any atom is 0.183 e. The van der Waals surface area contributed by atoms with Crippen molar-refractivity contribution >= 4 is 27.1 Å². The van der Waals surface area contributed by atoms with Gasteiger partial charge in [-0.05, 0) is 18.2 Å². The molecule has 0 saturated heterocycles. The molecule has 0 amide bonds. The summed E-state index contributed by atoms with van der Waals surface area (Å²) in [5, 5.41) is 0.417. The molecule has 0 aliphatic carbocycles. The summed E-state index contributed by atoms with van der Waals surface area (Å²) in [6, 6.07) is 4.31. The lowest BCUT2D eigenvalue weighted by atomic mass is 10.3. The van der Waals surface area contributed by atoms with Crippen LogP contribution in [-0.4, -0.2) is 14.2 Å². The predicted molar refractivity (Wildman–Crippen MR) is 58.1 cm³/mol. The highest BCUT2D eigenvalue weighted by Crippen LogP contribution is 2.23. The molecule has 1 aromatic carbocycles. The maximum atomic E-state index is 11.6. The van der Waals surface area contributed by atoms with Gasteiger partial charge in [0.25, 0.3) is 0 Å². The van der Waals surface area contributed by atoms with E-state index >= 15 is 0 Å². The van der Waals surface area contributed by atoms with Crippen LogP contribution in [0.3, 0.4) is 0 Å². The first-order chi connectivity index (χ1) is 6.47. The molecule has 2 N–H and O–H groups in total. The fourth-order valence-corrected chi connectivity index (χ4v) is 2.41. The number of halogens is 1. The Kier molecular flexibility index (Phi) is 3.18. The van der Waals surface area contributed by atoms with E-state index in [9.17, 15) is 8.42 Å². The largest absolute Gasteiger partial charge is 0.398 e. The SMILES string of the molecule is C=CCS(=O)(=O)c1ccc(Cl)cc1N. The van der Waals surface area contributed by atoms with E-state index in [1.54, 1.807) is 0 Å². The molecule has 0 aliphatic rings. The van der Waals surface area contributed by atoms with Gasteiger partial charge in [-0.15, -0.1) is 6.58 Å². The first kappa shape index (κ1) is 11.1. The van der Waals surface area contributed by atoms with Crippen LogP contribution in [0.25, 0.3) is 0 Å². The molecule has 0 aromatic heterocycles. The third kappa shape index (κ3) is 2.27. The Morgan fingerprint density at radius 2 is 2.14 bits per heavy atom. The van der Waals surface area contributed by atoms with Crippen LogP contribution >= 0.6 is 11.6 Å². The van der Waals surface area contributed by atoms with E-state index in [1.165, 1.54) is 24.3 Å². The molecule has 0 heterocycles. The Hall–Kier alpha value is -1.00. The lowest BCUT2D eigenvalue weighted by Gasteiger charge is -2.05. The molecule has 0 saturated carbocycles. The van der Waals surface area contributed by atoms with Crippen LogP contribution in [0.15, 0.2) is 35.7 Å². The van der Waals surface area contributed by atoms with Crippen molar-refractivity contribution in [1.82, 2.24) is 0 Å². The molecule has 0 atom stereocenters. The first-order valence-electron chi connectivity index (χ1n) is 3.86. The maximum absolute atomic E-state index is 11.6. The molecule has 0 fully saturated rings. The van der Waals surface area contributed by atoms with Crippen molar-refractivity contribution < 1.29 is 8.42 Å². The van der Waals surface area contributed by atoms with Crippen LogP contribution in [-0.2, 0) is 9.84 Å². The topological polar surface area (TPSA) is 60.2 Å². The minimum Gasteiger partial charge on any atom is -0.398 e. The average Bonchev–Trinajstić information content (AvgIpc) is 2.02. The van der Waals surface area contributed by atoms with Crippen molar-refractivity contribution in [2.24, 2.45) is 0 Å². The van der Waals surface area contributed by atoms with E-state index in [0.29, 0.717) is 5.02 Å². The van der Waals surface area contributed by atoms with Gasteiger partial charge in [0.15, 0.2) is 9.84 Å². The molecule has 14 heavy (non-hydrogen) atoms. The third-order valence-electron chi connectivity index (χ3n) is 1.64. The summed E-state index contributed by atoms with van der Waals surface area (Å²) in [6.07, 6.45) is 1.32. The predicted octanol–water partition coefficient (Wildman–Crippen LogP) is 1.88. The number of benzene rings is 1. The van der Waals surface area contributed by atoms with Crippen molar-refractivity contribution in [2.75, 3.05) is 11.5 Å². The molecule has 1 aromatic rings. The number of hydrogen-bond acceptors (Lipinski definition) is 3. The highest BCUT2D eigenvalue weighted by Gasteiger charge is 2.15. The van der Waals surface area contributed by atoms with Gasteiger partial charge in [0, 0.05) is 5.02 Å². The van der Waals surface area contributed by atoms with Gasteiger partial charge in [-0.25, -0.2) is 8.42 Å². The lowest BCUT2D eigenvalue weighted by Crippen LogP contribution is -2.07. The van der Waals surface area contributed by atoms with Gasteiger partial charge in [0.1, 0.15) is 0 Å². The fraction of sp³-hybridized carbons (Fsp3) is 0.111. The van der Waals surface area contributed by atoms with Crippen LogP contribution in [0.5, 0.6) is 0 Å². The highest BCUT2D eigenvalue weighted by molar-refractivity contribution is 7.91. The lowest BCUT2D eigenvalue weighted by molar-refractivity contribution is 0.599. The van der Waals surface area contributed by atoms with E-state index in [2.05, 4.69) is 6.58 Å². The summed E-state index contributed by atoms with van der Waals surface area (Å²) >= 11 is 5.65. The summed E-state index contributed by atoms with van der Waals surface area (Å²) in [7, 11) is -3.36. The Balaban J connectivity index is 3.26. The molecule has 0 aliphatic heterocycles. The highest BCUT2D eigenvalue weighted by atomic mass is 35.5. The number of hydrogen-bond donors (Lipinski definition) is 1. The Bertz CT molecular complexity index is 454. The van der Waals surface area contributed by atoms with Gasteiger partial charge in [0.2, 0.25) is 0 Å². The Morgan fingerprint density at radius 3 is 2.64 bits per heavy atom. The van der Waals surface area contributed by atoms with E-state index < -0.39 is 9.84 Å². The number of nitrogen functional groups attached to an aromatic ring is 1. The average molecular weight is 232 g/mol. The molecule has 0 bridgehead atoms. The Morgan fingerprint density at radius 1 is 1.50 bits per heavy atom. The van der Waals surface area contributed by atoms with Crippen molar-refractivity contribution in [3.8, 4) is 0 Å². The molecule has 5 heteroatoms. The normalized spacial score (nSPS) is 11.2. The fourth-order valence-electron chi connectivity index (χ4n) is 1.05. The molecule has 3 nitrogen and oxygen atoms in total. The van der Waals surface area contributed by atoms with Crippen LogP contribution in [0.4, 0.5) is 5.69 Å². The molecule has 0 unspecified atom stereocenters. The summed E-state index contributed by atoms with van der Waals surface area (Å²) in [5.74, 6) is -0.126. The van der Waals surface area contributed by atoms with Crippen LogP contribution in [0, 0.1) is 0 Å². The summed E-state index contributed by atoms with van der Waals surface area (Å²) in [5.41, 5.74) is 5.71. The second-order valence-corrected chi connectivity index (χ2v) is 5.19. The molecule has 0 spiro atoms. The molecule has 0 radical (unpaired) electrons. The summed E-state index contributed by atoms with van der Waals surface area (Å²) in [4.78, 5) is 0.0989. The van der Waals surface area contributed by atoms with Crippen LogP contribution < -0.4 is 5.73 Å². The van der Waals surface area contributed by atoms with Gasteiger partial charge in [0.05, 0.1) is 16.3 Å². The van der Waals surface area contributed by atoms with E-state index in [1.807, 2.05) is 0 Å². The zero-order valence-electron chi connectivity index (χ0n) is 7.40. The smallest absolute Gasteiger partial charge is 0.183 e. The molecular weight excluding hydrogens is 222 g/mol. The van der Waals surface area contributed by atoms with Crippen molar-refractivity contribution in [1.29, 1.82) is 0 Å². The number of anilines is 1. The molecule has 1 rings (SSSR count). The van der Waals surface area contributed by atoms with Gasteiger partial charge >= 0.3 is 0 Å². The minimum absolute atomic E-state index is 0.0989. The standard InChI is InChI=1S/C9H10ClNO2S/c1-2-5-14(12,13)9-4-3-7(10)6-8(9)11/h2-4,6H,1,5,11H2. The van der Waals surface area contributed by atoms with E-state index in [4.69, 9.17) is 17.3 Å². The number of sulfone groups is 1. The molecule has 76 valence electrons. The third-order valence-corrected chi connectivity index (χ3v) is 3.60. The van der Waals surface area contributed by atoms with Gasteiger partial charge in [-0.1, -0.05) is 17.7 Å². The quantitative estimate of drug-likeness (QED) is 0.638. The second-order valence-electron chi connectivity index (χ2n) is 2.75. The van der Waals surface area contributed by atoms with Crippen molar-refractivity contribution in [2.45, 2.75) is 4.90 Å². The van der Waals surface area contributed by atoms with Gasteiger partial charge in [-0.3, -0.25) is 0 Å². The minimum atomic E-state index is -3.36. The van der Waals surface area contributed by atoms with Crippen LogP contribution in [0.1, 0.15) is 0 Å². The zero-order valence-corrected chi connectivity index (χ0v) is 8.98. The monoisotopic (exact) mass is 231 g/mol. The van der Waals surface area contributed by atoms with E-state index in [0.717, 1.165) is 0 Å².